The Hall–Kier alpha value is -2.69. The van der Waals surface area contributed by atoms with Crippen molar-refractivity contribution in [2.24, 2.45) is 11.8 Å². The van der Waals surface area contributed by atoms with Gasteiger partial charge in [0.2, 0.25) is 0 Å². The van der Waals surface area contributed by atoms with Gasteiger partial charge >= 0.3 is 0 Å². The van der Waals surface area contributed by atoms with Crippen LogP contribution in [0.4, 0.5) is 0 Å². The Morgan fingerprint density at radius 1 is 1.04 bits per heavy atom. The lowest BCUT2D eigenvalue weighted by Crippen LogP contribution is -2.32. The van der Waals surface area contributed by atoms with E-state index in [9.17, 15) is 9.90 Å². The van der Waals surface area contributed by atoms with Crippen molar-refractivity contribution < 1.29 is 19.4 Å². The van der Waals surface area contributed by atoms with Crippen LogP contribution in [-0.4, -0.2) is 36.2 Å². The van der Waals surface area contributed by atoms with E-state index in [-0.39, 0.29) is 11.7 Å². The highest BCUT2D eigenvalue weighted by Gasteiger charge is 2.31. The standard InChI is InChI=1S/C23H27NO4/c1-27-20-3-2-4-21(12-20)28-15-17-7-5-16(6-8-17)13-24-14-18-9-10-19(25)11-22(18)23(24)26/h2-4,9-12,16-17,25H,5-8,13-15H2,1H3/t16-,17-. The molecule has 1 amide bonds. The van der Waals surface area contributed by atoms with E-state index in [2.05, 4.69) is 0 Å². The van der Waals surface area contributed by atoms with Crippen LogP contribution in [0, 0.1) is 11.8 Å². The molecule has 1 fully saturated rings. The third-order valence-electron chi connectivity index (χ3n) is 5.94. The van der Waals surface area contributed by atoms with E-state index in [4.69, 9.17) is 9.47 Å². The monoisotopic (exact) mass is 381 g/mol. The predicted octanol–water partition coefficient (Wildman–Crippen LogP) is 4.24. The number of aromatic hydroxyl groups is 1. The molecule has 0 bridgehead atoms. The molecule has 1 N–H and O–H groups in total. The molecule has 2 aromatic rings. The first-order valence-corrected chi connectivity index (χ1v) is 10.0. The molecular formula is C23H27NO4. The highest BCUT2D eigenvalue weighted by atomic mass is 16.5. The van der Waals surface area contributed by atoms with E-state index in [0.29, 0.717) is 23.9 Å². The van der Waals surface area contributed by atoms with Gasteiger partial charge < -0.3 is 19.5 Å². The summed E-state index contributed by atoms with van der Waals surface area (Å²) in [6.07, 6.45) is 4.50. The van der Waals surface area contributed by atoms with Gasteiger partial charge in [-0.25, -0.2) is 0 Å². The highest BCUT2D eigenvalue weighted by molar-refractivity contribution is 5.98. The Morgan fingerprint density at radius 2 is 1.79 bits per heavy atom. The quantitative estimate of drug-likeness (QED) is 0.813. The number of nitrogens with zero attached hydrogens (tertiary/aromatic N) is 1. The molecule has 0 saturated heterocycles. The molecule has 0 aromatic heterocycles. The number of phenolic OH excluding ortho intramolecular Hbond substituents is 1. The second kappa shape index (κ2) is 8.13. The topological polar surface area (TPSA) is 59.0 Å². The third-order valence-corrected chi connectivity index (χ3v) is 5.94. The maximum Gasteiger partial charge on any atom is 0.254 e. The Bertz CT molecular complexity index is 842. The number of amides is 1. The van der Waals surface area contributed by atoms with Gasteiger partial charge in [-0.15, -0.1) is 0 Å². The highest BCUT2D eigenvalue weighted by Crippen LogP contribution is 2.33. The van der Waals surface area contributed by atoms with E-state index < -0.39 is 0 Å². The number of ether oxygens (including phenoxy) is 2. The van der Waals surface area contributed by atoms with Crippen molar-refractivity contribution in [1.29, 1.82) is 0 Å². The molecular weight excluding hydrogens is 354 g/mol. The maximum absolute atomic E-state index is 12.6. The van der Waals surface area contributed by atoms with Gasteiger partial charge in [-0.3, -0.25) is 4.79 Å². The number of hydrogen-bond donors (Lipinski definition) is 1. The molecule has 5 nitrogen and oxygen atoms in total. The van der Waals surface area contributed by atoms with Crippen molar-refractivity contribution >= 4 is 5.91 Å². The minimum atomic E-state index is 0.0504. The molecule has 4 rings (SSSR count). The number of carbonyl (C=O) groups excluding carboxylic acids is 1. The molecule has 2 aliphatic rings. The van der Waals surface area contributed by atoms with Gasteiger partial charge in [0.15, 0.2) is 0 Å². The zero-order valence-electron chi connectivity index (χ0n) is 16.3. The molecule has 1 saturated carbocycles. The fourth-order valence-electron chi connectivity index (χ4n) is 4.29. The normalized spacial score (nSPS) is 21.5. The van der Waals surface area contributed by atoms with Crippen molar-refractivity contribution in [2.75, 3.05) is 20.3 Å². The van der Waals surface area contributed by atoms with Gasteiger partial charge in [0.25, 0.3) is 5.91 Å². The fourth-order valence-corrected chi connectivity index (χ4v) is 4.29. The Morgan fingerprint density at radius 3 is 2.57 bits per heavy atom. The van der Waals surface area contributed by atoms with E-state index in [0.717, 1.165) is 55.9 Å². The molecule has 0 spiro atoms. The van der Waals surface area contributed by atoms with Crippen molar-refractivity contribution in [2.45, 2.75) is 32.2 Å². The van der Waals surface area contributed by atoms with Gasteiger partial charge in [0.05, 0.1) is 13.7 Å². The van der Waals surface area contributed by atoms with Gasteiger partial charge in [-0.2, -0.15) is 0 Å². The van der Waals surface area contributed by atoms with Crippen LogP contribution in [0.2, 0.25) is 0 Å². The average molecular weight is 381 g/mol. The van der Waals surface area contributed by atoms with E-state index in [1.807, 2.05) is 35.2 Å². The van der Waals surface area contributed by atoms with Crippen LogP contribution in [-0.2, 0) is 6.54 Å². The number of carbonyl (C=O) groups is 1. The fraction of sp³-hybridized carbons (Fsp3) is 0.435. The molecule has 5 heteroatoms. The lowest BCUT2D eigenvalue weighted by molar-refractivity contribution is 0.0721. The van der Waals surface area contributed by atoms with E-state index in [1.54, 1.807) is 19.2 Å². The van der Waals surface area contributed by atoms with Crippen LogP contribution in [0.1, 0.15) is 41.6 Å². The SMILES string of the molecule is COc1cccc(OC[C@H]2CC[C@H](CN3Cc4ccc(O)cc4C3=O)CC2)c1. The number of rotatable bonds is 6. The number of methoxy groups -OCH3 is 1. The molecule has 1 heterocycles. The predicted molar refractivity (Wildman–Crippen MR) is 107 cm³/mol. The van der Waals surface area contributed by atoms with Crippen molar-refractivity contribution in [1.82, 2.24) is 4.90 Å². The van der Waals surface area contributed by atoms with Crippen LogP contribution in [0.3, 0.4) is 0 Å². The summed E-state index contributed by atoms with van der Waals surface area (Å²) in [6.45, 7) is 2.19. The zero-order chi connectivity index (χ0) is 19.5. The van der Waals surface area contributed by atoms with Crippen LogP contribution in [0.25, 0.3) is 0 Å². The zero-order valence-corrected chi connectivity index (χ0v) is 16.3. The molecule has 1 aliphatic heterocycles. The average Bonchev–Trinajstić information content (AvgIpc) is 3.02. The Kier molecular flexibility index (Phi) is 5.42. The van der Waals surface area contributed by atoms with Crippen LogP contribution in [0.5, 0.6) is 17.2 Å². The van der Waals surface area contributed by atoms with Crippen molar-refractivity contribution in [3.05, 3.63) is 53.6 Å². The molecule has 1 aliphatic carbocycles. The minimum absolute atomic E-state index is 0.0504. The lowest BCUT2D eigenvalue weighted by Gasteiger charge is -2.31. The molecule has 148 valence electrons. The van der Waals surface area contributed by atoms with E-state index in [1.165, 1.54) is 0 Å². The first kappa shape index (κ1) is 18.7. The summed E-state index contributed by atoms with van der Waals surface area (Å²) in [5, 5.41) is 9.62. The molecule has 0 atom stereocenters. The summed E-state index contributed by atoms with van der Waals surface area (Å²) in [5.41, 5.74) is 1.67. The minimum Gasteiger partial charge on any atom is -0.508 e. The van der Waals surface area contributed by atoms with E-state index >= 15 is 0 Å². The lowest BCUT2D eigenvalue weighted by atomic mass is 9.82. The largest absolute Gasteiger partial charge is 0.508 e. The Labute approximate surface area is 165 Å². The number of benzene rings is 2. The summed E-state index contributed by atoms with van der Waals surface area (Å²) in [5.74, 6) is 2.97. The van der Waals surface area contributed by atoms with Crippen LogP contribution < -0.4 is 9.47 Å². The van der Waals surface area contributed by atoms with Gasteiger partial charge in [-0.1, -0.05) is 12.1 Å². The summed E-state index contributed by atoms with van der Waals surface area (Å²) < 4.78 is 11.2. The Balaban J connectivity index is 1.24. The molecule has 28 heavy (non-hydrogen) atoms. The summed E-state index contributed by atoms with van der Waals surface area (Å²) >= 11 is 0. The first-order chi connectivity index (χ1) is 13.6. The number of hydrogen-bond acceptors (Lipinski definition) is 4. The summed E-state index contributed by atoms with van der Waals surface area (Å²) in [7, 11) is 1.66. The second-order valence-corrected chi connectivity index (χ2v) is 7.90. The maximum atomic E-state index is 12.6. The molecule has 2 aromatic carbocycles. The van der Waals surface area contributed by atoms with Crippen LogP contribution in [0.15, 0.2) is 42.5 Å². The van der Waals surface area contributed by atoms with Gasteiger partial charge in [0, 0.05) is 24.7 Å². The number of fused-ring (bicyclic) bond motifs is 1. The van der Waals surface area contributed by atoms with Gasteiger partial charge in [0.1, 0.15) is 17.2 Å². The summed E-state index contributed by atoms with van der Waals surface area (Å²) in [6, 6.07) is 12.8. The van der Waals surface area contributed by atoms with Crippen molar-refractivity contribution in [3.63, 3.8) is 0 Å². The van der Waals surface area contributed by atoms with Crippen LogP contribution >= 0.6 is 0 Å². The van der Waals surface area contributed by atoms with Crippen molar-refractivity contribution in [3.8, 4) is 17.2 Å². The smallest absolute Gasteiger partial charge is 0.254 e. The third kappa shape index (κ3) is 4.08. The van der Waals surface area contributed by atoms with Gasteiger partial charge in [-0.05, 0) is 67.3 Å². The second-order valence-electron chi connectivity index (χ2n) is 7.90. The summed E-state index contributed by atoms with van der Waals surface area (Å²) in [4.78, 5) is 14.5. The number of phenols is 1. The molecule has 0 unspecified atom stereocenters. The molecule has 0 radical (unpaired) electrons. The first-order valence-electron chi connectivity index (χ1n) is 10.0.